The molecule has 2 N–H and O–H groups in total. The number of carbonyl (C=O) groups is 1. The second-order valence-electron chi connectivity index (χ2n) is 4.15. The molecule has 1 amide bonds. The second-order valence-corrected chi connectivity index (χ2v) is 6.14. The van der Waals surface area contributed by atoms with Gasteiger partial charge in [0.05, 0.1) is 10.0 Å². The van der Waals surface area contributed by atoms with E-state index in [-0.39, 0.29) is 5.69 Å². The van der Waals surface area contributed by atoms with Crippen molar-refractivity contribution in [1.82, 2.24) is 0 Å². The van der Waals surface area contributed by atoms with Crippen molar-refractivity contribution in [3.63, 3.8) is 0 Å². The highest BCUT2D eigenvalue weighted by Gasteiger charge is 2.31. The predicted octanol–water partition coefficient (Wildman–Crippen LogP) is 3.40. The third kappa shape index (κ3) is 4.98. The number of rotatable bonds is 3. The monoisotopic (exact) mass is 341 g/mol. The number of aromatic hydroxyl groups is 1. The Balaban J connectivity index is 2.87. The van der Waals surface area contributed by atoms with Crippen molar-refractivity contribution in [1.29, 1.82) is 0 Å². The summed E-state index contributed by atoms with van der Waals surface area (Å²) in [6, 6.07) is 2.88. The number of phenolic OH excluding ortho intramolecular Hbond substituents is 1. The molecule has 1 aromatic carbocycles. The van der Waals surface area contributed by atoms with Gasteiger partial charge in [-0.25, -0.2) is 0 Å². The molecule has 0 radical (unpaired) electrons. The lowest BCUT2D eigenvalue weighted by Gasteiger charge is -2.17. The standard InChI is InChI=1S/C11H11BrF3NO3/c1-10(2,12)9(18)16-7-4-3-6(5-8(7)17)19-11(13,14)15/h3-5,17H,1-2H3,(H,16,18). The van der Waals surface area contributed by atoms with E-state index < -0.39 is 28.1 Å². The fraction of sp³-hybridized carbons (Fsp3) is 0.364. The molecule has 0 bridgehead atoms. The number of amides is 1. The van der Waals surface area contributed by atoms with E-state index in [1.165, 1.54) is 0 Å². The minimum Gasteiger partial charge on any atom is -0.506 e. The number of anilines is 1. The van der Waals surface area contributed by atoms with Crippen LogP contribution in [0.5, 0.6) is 11.5 Å². The van der Waals surface area contributed by atoms with E-state index in [0.717, 1.165) is 18.2 Å². The van der Waals surface area contributed by atoms with Gasteiger partial charge in [-0.1, -0.05) is 15.9 Å². The lowest BCUT2D eigenvalue weighted by atomic mass is 10.2. The number of alkyl halides is 4. The zero-order valence-corrected chi connectivity index (χ0v) is 11.6. The Labute approximate surface area is 115 Å². The summed E-state index contributed by atoms with van der Waals surface area (Å²) in [5, 5.41) is 11.9. The van der Waals surface area contributed by atoms with Gasteiger partial charge in [-0.05, 0) is 26.0 Å². The van der Waals surface area contributed by atoms with Gasteiger partial charge in [0, 0.05) is 6.07 Å². The number of ether oxygens (including phenoxy) is 1. The Morgan fingerprint density at radius 2 is 1.95 bits per heavy atom. The summed E-state index contributed by atoms with van der Waals surface area (Å²) in [7, 11) is 0. The number of phenols is 1. The molecule has 0 heterocycles. The van der Waals surface area contributed by atoms with E-state index in [2.05, 4.69) is 26.0 Å². The molecule has 106 valence electrons. The molecule has 1 rings (SSSR count). The number of hydrogen-bond donors (Lipinski definition) is 2. The number of nitrogens with one attached hydrogen (secondary N) is 1. The van der Waals surface area contributed by atoms with Crippen LogP contribution in [0.2, 0.25) is 0 Å². The van der Waals surface area contributed by atoms with E-state index in [1.54, 1.807) is 13.8 Å². The summed E-state index contributed by atoms with van der Waals surface area (Å²) in [5.74, 6) is -1.54. The maximum atomic E-state index is 12.0. The third-order valence-corrected chi connectivity index (χ3v) is 2.35. The smallest absolute Gasteiger partial charge is 0.506 e. The number of carbonyl (C=O) groups excluding carboxylic acids is 1. The van der Waals surface area contributed by atoms with Crippen LogP contribution in [0.3, 0.4) is 0 Å². The predicted molar refractivity (Wildman–Crippen MR) is 66.4 cm³/mol. The van der Waals surface area contributed by atoms with Crippen LogP contribution in [0.1, 0.15) is 13.8 Å². The fourth-order valence-corrected chi connectivity index (χ4v) is 1.18. The van der Waals surface area contributed by atoms with Crippen LogP contribution in [0.4, 0.5) is 18.9 Å². The van der Waals surface area contributed by atoms with Crippen LogP contribution in [0, 0.1) is 0 Å². The molecule has 0 unspecified atom stereocenters. The third-order valence-electron chi connectivity index (χ3n) is 1.99. The Hall–Kier alpha value is -1.44. The summed E-state index contributed by atoms with van der Waals surface area (Å²) in [5.41, 5.74) is -0.00736. The van der Waals surface area contributed by atoms with Crippen molar-refractivity contribution in [3.05, 3.63) is 18.2 Å². The van der Waals surface area contributed by atoms with Crippen LogP contribution in [-0.2, 0) is 4.79 Å². The molecule has 4 nitrogen and oxygen atoms in total. The largest absolute Gasteiger partial charge is 0.573 e. The molecule has 0 aliphatic rings. The molecular formula is C11H11BrF3NO3. The van der Waals surface area contributed by atoms with Crippen molar-refractivity contribution in [2.75, 3.05) is 5.32 Å². The minimum atomic E-state index is -4.84. The highest BCUT2D eigenvalue weighted by Crippen LogP contribution is 2.32. The lowest BCUT2D eigenvalue weighted by molar-refractivity contribution is -0.274. The maximum Gasteiger partial charge on any atom is 0.573 e. The van der Waals surface area contributed by atoms with Gasteiger partial charge in [-0.3, -0.25) is 4.79 Å². The average Bonchev–Trinajstić information content (AvgIpc) is 2.18. The van der Waals surface area contributed by atoms with Crippen molar-refractivity contribution in [2.45, 2.75) is 24.5 Å². The van der Waals surface area contributed by atoms with Gasteiger partial charge in [0.2, 0.25) is 5.91 Å². The quantitative estimate of drug-likeness (QED) is 0.654. The zero-order chi connectivity index (χ0) is 14.8. The summed E-state index contributed by atoms with van der Waals surface area (Å²) >= 11 is 3.11. The molecular weight excluding hydrogens is 331 g/mol. The molecule has 0 atom stereocenters. The zero-order valence-electron chi connectivity index (χ0n) is 10.0. The molecule has 0 aliphatic heterocycles. The number of benzene rings is 1. The maximum absolute atomic E-state index is 12.0. The van der Waals surface area contributed by atoms with Crippen LogP contribution >= 0.6 is 15.9 Å². The molecule has 0 fully saturated rings. The average molecular weight is 342 g/mol. The second kappa shape index (κ2) is 5.28. The first-order valence-corrected chi connectivity index (χ1v) is 5.87. The van der Waals surface area contributed by atoms with E-state index >= 15 is 0 Å². The van der Waals surface area contributed by atoms with E-state index in [4.69, 9.17) is 0 Å². The van der Waals surface area contributed by atoms with Gasteiger partial charge < -0.3 is 15.2 Å². The van der Waals surface area contributed by atoms with Crippen LogP contribution in [0.25, 0.3) is 0 Å². The van der Waals surface area contributed by atoms with E-state index in [0.29, 0.717) is 0 Å². The van der Waals surface area contributed by atoms with Gasteiger partial charge in [0.1, 0.15) is 11.5 Å². The Bertz CT molecular complexity index is 483. The molecule has 0 aromatic heterocycles. The first-order valence-electron chi connectivity index (χ1n) is 5.08. The van der Waals surface area contributed by atoms with Crippen molar-refractivity contribution in [2.24, 2.45) is 0 Å². The van der Waals surface area contributed by atoms with Crippen molar-refractivity contribution < 1.29 is 27.8 Å². The van der Waals surface area contributed by atoms with Crippen molar-refractivity contribution in [3.8, 4) is 11.5 Å². The molecule has 8 heteroatoms. The summed E-state index contributed by atoms with van der Waals surface area (Å²) < 4.78 is 38.6. The first kappa shape index (κ1) is 15.6. The molecule has 19 heavy (non-hydrogen) atoms. The molecule has 0 aliphatic carbocycles. The van der Waals surface area contributed by atoms with Crippen LogP contribution < -0.4 is 10.1 Å². The van der Waals surface area contributed by atoms with Crippen LogP contribution in [-0.4, -0.2) is 21.7 Å². The highest BCUT2D eigenvalue weighted by molar-refractivity contribution is 9.10. The molecule has 0 saturated heterocycles. The highest BCUT2D eigenvalue weighted by atomic mass is 79.9. The summed E-state index contributed by atoms with van der Waals surface area (Å²) in [6.45, 7) is 3.17. The summed E-state index contributed by atoms with van der Waals surface area (Å²) in [6.07, 6.45) is -4.84. The van der Waals surface area contributed by atoms with E-state index in [9.17, 15) is 23.1 Å². The minimum absolute atomic E-state index is 0.00736. The van der Waals surface area contributed by atoms with Gasteiger partial charge >= 0.3 is 6.36 Å². The Morgan fingerprint density at radius 3 is 2.37 bits per heavy atom. The molecule has 0 saturated carbocycles. The summed E-state index contributed by atoms with van der Waals surface area (Å²) in [4.78, 5) is 11.6. The van der Waals surface area contributed by atoms with Gasteiger partial charge in [0.15, 0.2) is 0 Å². The number of hydrogen-bond acceptors (Lipinski definition) is 3. The Kier molecular flexibility index (Phi) is 4.34. The number of halogens is 4. The fourth-order valence-electron chi connectivity index (χ4n) is 1.09. The van der Waals surface area contributed by atoms with Gasteiger partial charge in [0.25, 0.3) is 0 Å². The lowest BCUT2D eigenvalue weighted by Crippen LogP contribution is -2.30. The molecule has 1 aromatic rings. The first-order chi connectivity index (χ1) is 8.49. The van der Waals surface area contributed by atoms with Crippen LogP contribution in [0.15, 0.2) is 18.2 Å². The van der Waals surface area contributed by atoms with Crippen molar-refractivity contribution >= 4 is 27.5 Å². The SMILES string of the molecule is CC(C)(Br)C(=O)Nc1ccc(OC(F)(F)F)cc1O. The topological polar surface area (TPSA) is 58.6 Å². The normalized spacial score (nSPS) is 12.1. The van der Waals surface area contributed by atoms with E-state index in [1.807, 2.05) is 0 Å². The molecule has 0 spiro atoms. The van der Waals surface area contributed by atoms with Gasteiger partial charge in [-0.2, -0.15) is 0 Å². The Morgan fingerprint density at radius 1 is 1.37 bits per heavy atom. The van der Waals surface area contributed by atoms with Gasteiger partial charge in [-0.15, -0.1) is 13.2 Å².